The minimum absolute atomic E-state index is 0.461. The SMILES string of the molecule is Cc1nc(N(C)C)sc1CN1CC[C@@]2(CCOC2)C1. The summed E-state index contributed by atoms with van der Waals surface area (Å²) in [5.74, 6) is 0. The van der Waals surface area contributed by atoms with Crippen molar-refractivity contribution in [3.8, 4) is 0 Å². The number of rotatable bonds is 3. The summed E-state index contributed by atoms with van der Waals surface area (Å²) in [7, 11) is 4.12. The van der Waals surface area contributed by atoms with Crippen LogP contribution in [-0.2, 0) is 11.3 Å². The summed E-state index contributed by atoms with van der Waals surface area (Å²) in [6.45, 7) is 7.51. The van der Waals surface area contributed by atoms with Gasteiger partial charge in [-0.3, -0.25) is 4.90 Å². The van der Waals surface area contributed by atoms with Gasteiger partial charge in [-0.1, -0.05) is 0 Å². The largest absolute Gasteiger partial charge is 0.381 e. The molecule has 106 valence electrons. The Labute approximate surface area is 119 Å². The maximum Gasteiger partial charge on any atom is 0.185 e. The molecule has 0 N–H and O–H groups in total. The Morgan fingerprint density at radius 1 is 1.42 bits per heavy atom. The lowest BCUT2D eigenvalue weighted by atomic mass is 9.87. The molecule has 3 heterocycles. The van der Waals surface area contributed by atoms with Gasteiger partial charge in [0.05, 0.1) is 12.3 Å². The van der Waals surface area contributed by atoms with Crippen molar-refractivity contribution in [1.29, 1.82) is 0 Å². The number of ether oxygens (including phenoxy) is 1. The van der Waals surface area contributed by atoms with Crippen molar-refractivity contribution in [2.45, 2.75) is 26.3 Å². The smallest absolute Gasteiger partial charge is 0.185 e. The number of nitrogens with zero attached hydrogens (tertiary/aromatic N) is 3. The molecule has 1 atom stereocenters. The second-order valence-corrected chi connectivity index (χ2v) is 7.22. The zero-order chi connectivity index (χ0) is 13.5. The quantitative estimate of drug-likeness (QED) is 0.848. The third-order valence-corrected chi connectivity index (χ3v) is 5.64. The van der Waals surface area contributed by atoms with Crippen LogP contribution in [0.5, 0.6) is 0 Å². The van der Waals surface area contributed by atoms with Crippen LogP contribution in [0.4, 0.5) is 5.13 Å². The van der Waals surface area contributed by atoms with E-state index in [0.29, 0.717) is 5.41 Å². The molecule has 1 spiro atoms. The second-order valence-electron chi connectivity index (χ2n) is 6.16. The normalized spacial score (nSPS) is 27.5. The molecule has 4 nitrogen and oxygen atoms in total. The first-order chi connectivity index (χ1) is 9.08. The molecule has 0 aromatic carbocycles. The molecule has 1 aromatic heterocycles. The highest BCUT2D eigenvalue weighted by Crippen LogP contribution is 2.39. The Hall–Kier alpha value is -0.650. The minimum atomic E-state index is 0.461. The highest BCUT2D eigenvalue weighted by molar-refractivity contribution is 7.15. The molecule has 0 unspecified atom stereocenters. The molecule has 19 heavy (non-hydrogen) atoms. The van der Waals surface area contributed by atoms with E-state index in [4.69, 9.17) is 4.74 Å². The molecular weight excluding hydrogens is 258 g/mol. The van der Waals surface area contributed by atoms with E-state index in [9.17, 15) is 0 Å². The van der Waals surface area contributed by atoms with E-state index < -0.39 is 0 Å². The molecule has 3 rings (SSSR count). The summed E-state index contributed by atoms with van der Waals surface area (Å²) < 4.78 is 5.60. The number of likely N-dealkylation sites (tertiary alicyclic amines) is 1. The average molecular weight is 281 g/mol. The van der Waals surface area contributed by atoms with E-state index in [1.807, 2.05) is 11.3 Å². The first-order valence-corrected chi connectivity index (χ1v) is 7.83. The van der Waals surface area contributed by atoms with E-state index in [0.717, 1.165) is 24.9 Å². The third-order valence-electron chi connectivity index (χ3n) is 4.33. The maximum atomic E-state index is 5.60. The lowest BCUT2D eigenvalue weighted by Crippen LogP contribution is -2.27. The van der Waals surface area contributed by atoms with E-state index >= 15 is 0 Å². The van der Waals surface area contributed by atoms with Crippen LogP contribution in [0.15, 0.2) is 0 Å². The first-order valence-electron chi connectivity index (χ1n) is 7.02. The molecule has 1 aromatic rings. The van der Waals surface area contributed by atoms with Gasteiger partial charge in [0.2, 0.25) is 0 Å². The Morgan fingerprint density at radius 2 is 2.26 bits per heavy atom. The van der Waals surface area contributed by atoms with Gasteiger partial charge in [0.1, 0.15) is 0 Å². The van der Waals surface area contributed by atoms with E-state index in [1.165, 1.54) is 36.5 Å². The van der Waals surface area contributed by atoms with Crippen LogP contribution in [-0.4, -0.2) is 50.3 Å². The van der Waals surface area contributed by atoms with Crippen molar-refractivity contribution < 1.29 is 4.74 Å². The van der Waals surface area contributed by atoms with Crippen LogP contribution in [0, 0.1) is 12.3 Å². The number of anilines is 1. The lowest BCUT2D eigenvalue weighted by molar-refractivity contribution is 0.151. The van der Waals surface area contributed by atoms with Crippen molar-refractivity contribution in [3.63, 3.8) is 0 Å². The molecule has 2 aliphatic rings. The molecule has 0 bridgehead atoms. The van der Waals surface area contributed by atoms with Gasteiger partial charge in [0.25, 0.3) is 0 Å². The average Bonchev–Trinajstić information content (AvgIpc) is 3.05. The van der Waals surface area contributed by atoms with Crippen LogP contribution >= 0.6 is 11.3 Å². The summed E-state index contributed by atoms with van der Waals surface area (Å²) in [6.07, 6.45) is 2.54. The van der Waals surface area contributed by atoms with Crippen LogP contribution in [0.3, 0.4) is 0 Å². The predicted octanol–water partition coefficient (Wildman–Crippen LogP) is 2.13. The zero-order valence-electron chi connectivity index (χ0n) is 12.1. The topological polar surface area (TPSA) is 28.6 Å². The highest BCUT2D eigenvalue weighted by Gasteiger charge is 2.41. The van der Waals surface area contributed by atoms with Crippen molar-refractivity contribution >= 4 is 16.5 Å². The van der Waals surface area contributed by atoms with Crippen LogP contribution in [0.1, 0.15) is 23.4 Å². The first kappa shape index (κ1) is 13.3. The lowest BCUT2D eigenvalue weighted by Gasteiger charge is -2.21. The van der Waals surface area contributed by atoms with Gasteiger partial charge in [-0.25, -0.2) is 4.98 Å². The molecule has 2 aliphatic heterocycles. The molecule has 0 radical (unpaired) electrons. The fourth-order valence-corrected chi connectivity index (χ4v) is 4.11. The van der Waals surface area contributed by atoms with Gasteiger partial charge in [-0.05, 0) is 26.3 Å². The van der Waals surface area contributed by atoms with Crippen molar-refractivity contribution in [1.82, 2.24) is 9.88 Å². The molecule has 5 heteroatoms. The van der Waals surface area contributed by atoms with Crippen molar-refractivity contribution in [2.24, 2.45) is 5.41 Å². The Kier molecular flexibility index (Phi) is 3.53. The van der Waals surface area contributed by atoms with Gasteiger partial charge in [0, 0.05) is 44.1 Å². The summed E-state index contributed by atoms with van der Waals surface area (Å²) in [4.78, 5) is 10.7. The number of aromatic nitrogens is 1. The fourth-order valence-electron chi connectivity index (χ4n) is 3.09. The molecule has 0 amide bonds. The zero-order valence-corrected chi connectivity index (χ0v) is 12.9. The van der Waals surface area contributed by atoms with E-state index in [1.54, 1.807) is 0 Å². The Morgan fingerprint density at radius 3 is 2.89 bits per heavy atom. The van der Waals surface area contributed by atoms with Crippen molar-refractivity contribution in [3.05, 3.63) is 10.6 Å². The van der Waals surface area contributed by atoms with E-state index in [-0.39, 0.29) is 0 Å². The van der Waals surface area contributed by atoms with Crippen LogP contribution in [0.25, 0.3) is 0 Å². The van der Waals surface area contributed by atoms with Crippen LogP contribution < -0.4 is 4.90 Å². The number of hydrogen-bond donors (Lipinski definition) is 0. The van der Waals surface area contributed by atoms with Gasteiger partial charge < -0.3 is 9.64 Å². The monoisotopic (exact) mass is 281 g/mol. The number of thiazole rings is 1. The summed E-state index contributed by atoms with van der Waals surface area (Å²) in [6, 6.07) is 0. The highest BCUT2D eigenvalue weighted by atomic mass is 32.1. The maximum absolute atomic E-state index is 5.60. The number of aryl methyl sites for hydroxylation is 1. The Balaban J connectivity index is 1.66. The van der Waals surface area contributed by atoms with E-state index in [2.05, 4.69) is 35.8 Å². The molecule has 0 saturated carbocycles. The second kappa shape index (κ2) is 5.04. The molecule has 2 saturated heterocycles. The predicted molar refractivity (Wildman–Crippen MR) is 78.9 cm³/mol. The summed E-state index contributed by atoms with van der Waals surface area (Å²) in [5.41, 5.74) is 1.65. The standard InChI is InChI=1S/C14H23N3OS/c1-11-12(19-13(15-11)16(2)3)8-17-6-4-14(9-17)5-7-18-10-14/h4-10H2,1-3H3/t14-/m1/s1. The van der Waals surface area contributed by atoms with Gasteiger partial charge >= 0.3 is 0 Å². The number of hydrogen-bond acceptors (Lipinski definition) is 5. The fraction of sp³-hybridized carbons (Fsp3) is 0.786. The third kappa shape index (κ3) is 2.64. The molecule has 0 aliphatic carbocycles. The van der Waals surface area contributed by atoms with Crippen molar-refractivity contribution in [2.75, 3.05) is 45.3 Å². The summed E-state index contributed by atoms with van der Waals surface area (Å²) >= 11 is 1.83. The van der Waals surface area contributed by atoms with Gasteiger partial charge in [0.15, 0.2) is 5.13 Å². The van der Waals surface area contributed by atoms with Crippen LogP contribution in [0.2, 0.25) is 0 Å². The van der Waals surface area contributed by atoms with Gasteiger partial charge in [-0.2, -0.15) is 0 Å². The van der Waals surface area contributed by atoms with Gasteiger partial charge in [-0.15, -0.1) is 11.3 Å². The Bertz CT molecular complexity index is 452. The molecule has 2 fully saturated rings. The minimum Gasteiger partial charge on any atom is -0.381 e. The summed E-state index contributed by atoms with van der Waals surface area (Å²) in [5, 5.41) is 1.12. The molecular formula is C14H23N3OS.